The molecule has 3 N–H and O–H groups in total. The summed E-state index contributed by atoms with van der Waals surface area (Å²) >= 11 is 6.07. The lowest BCUT2D eigenvalue weighted by Crippen LogP contribution is -2.37. The lowest BCUT2D eigenvalue weighted by atomic mass is 10.0. The quantitative estimate of drug-likeness (QED) is 0.218. The maximum absolute atomic E-state index is 12.1. The number of halogens is 1. The van der Waals surface area contributed by atoms with E-state index in [0.717, 1.165) is 11.1 Å². The molecule has 9 heteroatoms. The molecule has 0 unspecified atom stereocenters. The molecule has 0 atom stereocenters. The maximum Gasteiger partial charge on any atom is 0.329 e. The van der Waals surface area contributed by atoms with E-state index in [1.165, 1.54) is 11.8 Å². The van der Waals surface area contributed by atoms with Crippen LogP contribution in [0.4, 0.5) is 5.69 Å². The van der Waals surface area contributed by atoms with Gasteiger partial charge in [0.2, 0.25) is 0 Å². The van der Waals surface area contributed by atoms with Crippen molar-refractivity contribution < 1.29 is 19.1 Å². The van der Waals surface area contributed by atoms with E-state index in [-0.39, 0.29) is 19.1 Å². The van der Waals surface area contributed by atoms with Gasteiger partial charge >= 0.3 is 11.8 Å². The van der Waals surface area contributed by atoms with Gasteiger partial charge < -0.3 is 15.4 Å². The smallest absolute Gasteiger partial charge is 0.329 e. The van der Waals surface area contributed by atoms with Gasteiger partial charge in [0.1, 0.15) is 5.75 Å². The van der Waals surface area contributed by atoms with Gasteiger partial charge in [-0.15, -0.1) is 0 Å². The first-order valence-electron chi connectivity index (χ1n) is 11.7. The highest BCUT2D eigenvalue weighted by molar-refractivity contribution is 6.35. The van der Waals surface area contributed by atoms with Crippen molar-refractivity contribution in [2.75, 3.05) is 11.9 Å². The second-order valence-corrected chi connectivity index (χ2v) is 9.06. The number of ether oxygens (including phenoxy) is 1. The zero-order chi connectivity index (χ0) is 26.8. The highest BCUT2D eigenvalue weighted by Gasteiger charge is 2.12. The summed E-state index contributed by atoms with van der Waals surface area (Å²) in [6, 6.07) is 19.8. The maximum atomic E-state index is 12.1. The number of amides is 3. The number of aryl methyl sites for hydroxylation is 1. The van der Waals surface area contributed by atoms with Crippen LogP contribution in [-0.2, 0) is 20.9 Å². The Kier molecular flexibility index (Phi) is 9.80. The predicted molar refractivity (Wildman–Crippen MR) is 145 cm³/mol. The van der Waals surface area contributed by atoms with E-state index in [9.17, 15) is 14.4 Å². The minimum absolute atomic E-state index is 0.175. The summed E-state index contributed by atoms with van der Waals surface area (Å²) in [4.78, 5) is 36.1. The van der Waals surface area contributed by atoms with Crippen molar-refractivity contribution in [2.45, 2.75) is 33.2 Å². The molecule has 0 fully saturated rings. The Morgan fingerprint density at radius 3 is 2.32 bits per heavy atom. The molecule has 3 rings (SSSR count). The number of carbonyl (C=O) groups excluding carboxylic acids is 3. The van der Waals surface area contributed by atoms with Crippen LogP contribution < -0.4 is 20.8 Å². The van der Waals surface area contributed by atoms with Crippen molar-refractivity contribution in [3.8, 4) is 5.75 Å². The van der Waals surface area contributed by atoms with E-state index in [4.69, 9.17) is 16.3 Å². The average Bonchev–Trinajstić information content (AvgIpc) is 2.89. The first-order valence-corrected chi connectivity index (χ1v) is 12.1. The lowest BCUT2D eigenvalue weighted by Gasteiger charge is -2.09. The number of hydrogen-bond acceptors (Lipinski definition) is 5. The SMILES string of the molecule is Cc1ccc(NC(=O)COc2ccc(/C=N\NC(=O)C(=O)NCc3ccc(C(C)C)cc3)cc2)cc1Cl. The number of hydrazone groups is 1. The normalized spacial score (nSPS) is 10.8. The molecule has 37 heavy (non-hydrogen) atoms. The molecule has 0 aromatic heterocycles. The van der Waals surface area contributed by atoms with Gasteiger partial charge in [-0.25, -0.2) is 5.43 Å². The van der Waals surface area contributed by atoms with Gasteiger partial charge in [0.15, 0.2) is 6.61 Å². The largest absolute Gasteiger partial charge is 0.484 e. The first kappa shape index (κ1) is 27.4. The Labute approximate surface area is 221 Å². The highest BCUT2D eigenvalue weighted by atomic mass is 35.5. The molecule has 0 spiro atoms. The van der Waals surface area contributed by atoms with Crippen LogP contribution in [0.2, 0.25) is 5.02 Å². The van der Waals surface area contributed by atoms with E-state index in [0.29, 0.717) is 27.9 Å². The van der Waals surface area contributed by atoms with Crippen LogP contribution in [0.5, 0.6) is 5.75 Å². The Morgan fingerprint density at radius 2 is 1.68 bits per heavy atom. The molecule has 3 aromatic carbocycles. The lowest BCUT2D eigenvalue weighted by molar-refractivity contribution is -0.139. The molecule has 8 nitrogen and oxygen atoms in total. The summed E-state index contributed by atoms with van der Waals surface area (Å²) < 4.78 is 5.49. The summed E-state index contributed by atoms with van der Waals surface area (Å²) in [5.74, 6) is -1.05. The Hall–Kier alpha value is -4.17. The molecule has 0 radical (unpaired) electrons. The van der Waals surface area contributed by atoms with Crippen molar-refractivity contribution in [1.29, 1.82) is 0 Å². The molecule has 3 aromatic rings. The van der Waals surface area contributed by atoms with Gasteiger partial charge in [0, 0.05) is 17.3 Å². The number of hydrogen-bond donors (Lipinski definition) is 3. The molecule has 0 aliphatic heterocycles. The molecule has 0 saturated carbocycles. The van der Waals surface area contributed by atoms with Crippen LogP contribution in [0.3, 0.4) is 0 Å². The molecule has 192 valence electrons. The minimum atomic E-state index is -0.865. The van der Waals surface area contributed by atoms with Crippen molar-refractivity contribution in [3.05, 3.63) is 94.0 Å². The van der Waals surface area contributed by atoms with Crippen LogP contribution in [0.1, 0.15) is 42.0 Å². The number of anilines is 1. The number of nitrogens with zero attached hydrogens (tertiary/aromatic N) is 1. The van der Waals surface area contributed by atoms with Crippen LogP contribution in [0.25, 0.3) is 0 Å². The average molecular weight is 521 g/mol. The zero-order valence-corrected chi connectivity index (χ0v) is 21.6. The monoisotopic (exact) mass is 520 g/mol. The van der Waals surface area contributed by atoms with Gasteiger partial charge in [0.25, 0.3) is 5.91 Å². The fraction of sp³-hybridized carbons (Fsp3) is 0.214. The Morgan fingerprint density at radius 1 is 0.973 bits per heavy atom. The molecule has 0 saturated heterocycles. The van der Waals surface area contributed by atoms with Gasteiger partial charge in [-0.1, -0.05) is 55.8 Å². The summed E-state index contributed by atoms with van der Waals surface area (Å²) in [5, 5.41) is 9.67. The van der Waals surface area contributed by atoms with Crippen LogP contribution in [0.15, 0.2) is 71.8 Å². The van der Waals surface area contributed by atoms with Crippen LogP contribution in [-0.4, -0.2) is 30.5 Å². The van der Waals surface area contributed by atoms with E-state index >= 15 is 0 Å². The Bertz CT molecular complexity index is 1270. The van der Waals surface area contributed by atoms with Gasteiger partial charge in [-0.2, -0.15) is 5.10 Å². The zero-order valence-electron chi connectivity index (χ0n) is 20.9. The topological polar surface area (TPSA) is 109 Å². The van der Waals surface area contributed by atoms with Crippen molar-refractivity contribution in [1.82, 2.24) is 10.7 Å². The summed E-state index contributed by atoms with van der Waals surface area (Å²) in [6.45, 7) is 6.16. The second-order valence-electron chi connectivity index (χ2n) is 8.65. The molecule has 0 heterocycles. The third-order valence-electron chi connectivity index (χ3n) is 5.39. The Balaban J connectivity index is 1.39. The minimum Gasteiger partial charge on any atom is -0.484 e. The fourth-order valence-electron chi connectivity index (χ4n) is 3.17. The van der Waals surface area contributed by atoms with Crippen molar-refractivity contribution in [3.63, 3.8) is 0 Å². The molecule has 0 aliphatic carbocycles. The summed E-state index contributed by atoms with van der Waals surface area (Å²) in [5.41, 5.74) is 6.48. The van der Waals surface area contributed by atoms with Crippen LogP contribution in [0, 0.1) is 6.92 Å². The molecule has 3 amide bonds. The first-order chi connectivity index (χ1) is 17.7. The predicted octanol–water partition coefficient (Wildman–Crippen LogP) is 4.56. The number of carbonyl (C=O) groups is 3. The summed E-state index contributed by atoms with van der Waals surface area (Å²) in [7, 11) is 0. The highest BCUT2D eigenvalue weighted by Crippen LogP contribution is 2.20. The number of rotatable bonds is 9. The van der Waals surface area contributed by atoms with Gasteiger partial charge in [-0.3, -0.25) is 14.4 Å². The van der Waals surface area contributed by atoms with E-state index in [2.05, 4.69) is 35.0 Å². The van der Waals surface area contributed by atoms with Crippen molar-refractivity contribution in [2.24, 2.45) is 5.10 Å². The fourth-order valence-corrected chi connectivity index (χ4v) is 3.35. The second kappa shape index (κ2) is 13.2. The molecule has 0 bridgehead atoms. The number of benzene rings is 3. The van der Waals surface area contributed by atoms with Crippen LogP contribution >= 0.6 is 11.6 Å². The van der Waals surface area contributed by atoms with E-state index in [1.807, 2.05) is 37.3 Å². The standard InChI is InChI=1S/C28H29ClN4O4/c1-18(2)22-9-5-20(6-10-22)15-30-27(35)28(36)33-31-16-21-7-12-24(13-8-21)37-17-26(34)32-23-11-4-19(3)25(29)14-23/h4-14,16,18H,15,17H2,1-3H3,(H,30,35)(H,32,34)(H,33,36)/b31-16-. The van der Waals surface area contributed by atoms with Gasteiger partial charge in [-0.05, 0) is 71.5 Å². The summed E-state index contributed by atoms with van der Waals surface area (Å²) in [6.07, 6.45) is 1.40. The van der Waals surface area contributed by atoms with Gasteiger partial charge in [0.05, 0.1) is 6.21 Å². The van der Waals surface area contributed by atoms with E-state index in [1.54, 1.807) is 36.4 Å². The molecular weight excluding hydrogens is 492 g/mol. The molecule has 0 aliphatic rings. The van der Waals surface area contributed by atoms with Crippen molar-refractivity contribution >= 4 is 41.2 Å². The van der Waals surface area contributed by atoms with E-state index < -0.39 is 11.8 Å². The third kappa shape index (κ3) is 8.77. The number of nitrogens with one attached hydrogen (secondary N) is 3. The third-order valence-corrected chi connectivity index (χ3v) is 5.80. The molecular formula is C28H29ClN4O4.